The number of para-hydroxylation sites is 1. The highest BCUT2D eigenvalue weighted by atomic mass is 16.2. The number of aromatic nitrogens is 2. The van der Waals surface area contributed by atoms with Crippen molar-refractivity contribution in [2.24, 2.45) is 0 Å². The topological polar surface area (TPSA) is 79.9 Å². The van der Waals surface area contributed by atoms with Gasteiger partial charge in [-0.3, -0.25) is 4.90 Å². The highest BCUT2D eigenvalue weighted by Gasteiger charge is 2.37. The van der Waals surface area contributed by atoms with Gasteiger partial charge in [-0.2, -0.15) is 4.98 Å². The number of hydrogen-bond donors (Lipinski definition) is 2. The molecule has 192 valence electrons. The van der Waals surface area contributed by atoms with E-state index in [9.17, 15) is 4.79 Å². The molecule has 2 N–H and O–H groups in total. The summed E-state index contributed by atoms with van der Waals surface area (Å²) in [6, 6.07) is 16.9. The highest BCUT2D eigenvalue weighted by molar-refractivity contribution is 5.93. The third-order valence-corrected chi connectivity index (χ3v) is 7.70. The average molecular weight is 499 g/mol. The molecule has 0 saturated carbocycles. The fourth-order valence-corrected chi connectivity index (χ4v) is 5.59. The minimum Gasteiger partial charge on any atom is -0.382 e. The summed E-state index contributed by atoms with van der Waals surface area (Å²) in [6.45, 7) is 6.89. The van der Waals surface area contributed by atoms with Crippen LogP contribution in [-0.4, -0.2) is 72.1 Å². The van der Waals surface area contributed by atoms with E-state index in [0.29, 0.717) is 18.3 Å². The summed E-state index contributed by atoms with van der Waals surface area (Å²) in [5.41, 5.74) is 5.35. The molecule has 2 atom stereocenters. The van der Waals surface area contributed by atoms with Gasteiger partial charge in [-0.15, -0.1) is 0 Å². The molecule has 1 aromatic heterocycles. The normalized spacial score (nSPS) is 21.8. The number of fused-ring (bicyclic) bond motifs is 2. The number of nitrogens with zero attached hydrogens (tertiary/aromatic N) is 6. The van der Waals surface area contributed by atoms with Gasteiger partial charge in [0.25, 0.3) is 0 Å². The predicted octanol–water partition coefficient (Wildman–Crippen LogP) is 4.29. The molecule has 1 saturated heterocycles. The smallest absolute Gasteiger partial charge is 0.326 e. The molecule has 9 nitrogen and oxygen atoms in total. The lowest BCUT2D eigenvalue weighted by Gasteiger charge is -2.42. The van der Waals surface area contributed by atoms with Crippen LogP contribution in [0.3, 0.4) is 0 Å². The molecule has 0 spiro atoms. The first-order valence-electron chi connectivity index (χ1n) is 13.0. The van der Waals surface area contributed by atoms with Gasteiger partial charge in [0.1, 0.15) is 5.82 Å². The zero-order valence-corrected chi connectivity index (χ0v) is 21.7. The van der Waals surface area contributed by atoms with Crippen LogP contribution in [0.4, 0.5) is 33.6 Å². The fraction of sp³-hybridized carbons (Fsp3) is 0.393. The maximum absolute atomic E-state index is 13.5. The van der Waals surface area contributed by atoms with Gasteiger partial charge < -0.3 is 25.3 Å². The van der Waals surface area contributed by atoms with Gasteiger partial charge in [-0.1, -0.05) is 18.2 Å². The second-order valence-corrected chi connectivity index (χ2v) is 10.4. The van der Waals surface area contributed by atoms with Crippen LogP contribution in [0, 0.1) is 0 Å². The van der Waals surface area contributed by atoms with E-state index in [4.69, 9.17) is 4.98 Å². The second kappa shape index (κ2) is 9.55. The van der Waals surface area contributed by atoms with Gasteiger partial charge in [0.05, 0.1) is 12.6 Å². The Hall–Kier alpha value is -3.85. The number of hydrogen-bond acceptors (Lipinski definition) is 7. The van der Waals surface area contributed by atoms with Gasteiger partial charge in [-0.05, 0) is 56.3 Å². The van der Waals surface area contributed by atoms with Crippen LogP contribution in [0.15, 0.2) is 54.7 Å². The van der Waals surface area contributed by atoms with E-state index >= 15 is 0 Å². The Kier molecular flexibility index (Phi) is 6.08. The van der Waals surface area contributed by atoms with Crippen LogP contribution in [0.1, 0.15) is 30.5 Å². The number of benzene rings is 2. The molecule has 0 unspecified atom stereocenters. The summed E-state index contributed by atoms with van der Waals surface area (Å²) in [4.78, 5) is 31.2. The Balaban J connectivity index is 1.19. The molecule has 6 rings (SSSR count). The standard InChI is InChI=1S/C28H34N8O/c1-19-16-25(23-6-4-5-7-24(23)30-19)36-18-20-17-29-27(32-26(20)34(3)28(36)37)31-21-8-10-22(11-9-21)35-14-12-33(2)13-15-35/h4-11,17,19,25,30H,12-16,18H2,1-3H3,(H,29,31,32)/t19-,25-/m0/s1. The summed E-state index contributed by atoms with van der Waals surface area (Å²) < 4.78 is 0. The van der Waals surface area contributed by atoms with Gasteiger partial charge in [0.15, 0.2) is 0 Å². The van der Waals surface area contributed by atoms with E-state index in [1.807, 2.05) is 23.2 Å². The van der Waals surface area contributed by atoms with Crippen LogP contribution in [0.5, 0.6) is 0 Å². The number of amides is 2. The van der Waals surface area contributed by atoms with E-state index in [1.165, 1.54) is 5.69 Å². The number of carbonyl (C=O) groups excluding carboxylic acids is 1. The quantitative estimate of drug-likeness (QED) is 0.556. The number of likely N-dealkylation sites (N-methyl/N-ethyl adjacent to an activating group) is 1. The Bertz CT molecular complexity index is 1290. The molecule has 9 heteroatoms. The molecule has 0 aliphatic carbocycles. The lowest BCUT2D eigenvalue weighted by molar-refractivity contribution is 0.166. The second-order valence-electron chi connectivity index (χ2n) is 10.4. The van der Waals surface area contributed by atoms with E-state index in [0.717, 1.165) is 55.1 Å². The van der Waals surface area contributed by atoms with Crippen molar-refractivity contribution in [3.05, 3.63) is 65.9 Å². The van der Waals surface area contributed by atoms with E-state index in [2.05, 4.69) is 75.8 Å². The summed E-state index contributed by atoms with van der Waals surface area (Å²) in [7, 11) is 3.96. The van der Waals surface area contributed by atoms with Crippen LogP contribution in [0.25, 0.3) is 0 Å². The summed E-state index contributed by atoms with van der Waals surface area (Å²) in [6.07, 6.45) is 2.70. The van der Waals surface area contributed by atoms with Crippen molar-refractivity contribution < 1.29 is 4.79 Å². The number of anilines is 5. The molecule has 2 amide bonds. The first kappa shape index (κ1) is 23.5. The van der Waals surface area contributed by atoms with Crippen LogP contribution in [0.2, 0.25) is 0 Å². The third-order valence-electron chi connectivity index (χ3n) is 7.70. The van der Waals surface area contributed by atoms with Crippen molar-refractivity contribution in [2.75, 3.05) is 60.7 Å². The van der Waals surface area contributed by atoms with Crippen LogP contribution in [-0.2, 0) is 6.54 Å². The largest absolute Gasteiger partial charge is 0.382 e. The Morgan fingerprint density at radius 3 is 2.54 bits per heavy atom. The predicted molar refractivity (Wildman–Crippen MR) is 148 cm³/mol. The Morgan fingerprint density at radius 2 is 1.76 bits per heavy atom. The van der Waals surface area contributed by atoms with E-state index in [-0.39, 0.29) is 18.1 Å². The van der Waals surface area contributed by atoms with Crippen LogP contribution >= 0.6 is 0 Å². The molecule has 37 heavy (non-hydrogen) atoms. The molecule has 3 aliphatic heterocycles. The van der Waals surface area contributed by atoms with Gasteiger partial charge in [-0.25, -0.2) is 9.78 Å². The minimum absolute atomic E-state index is 0.00664. The van der Waals surface area contributed by atoms with Crippen molar-refractivity contribution >= 4 is 34.9 Å². The van der Waals surface area contributed by atoms with Gasteiger partial charge >= 0.3 is 6.03 Å². The summed E-state index contributed by atoms with van der Waals surface area (Å²) >= 11 is 0. The molecule has 0 radical (unpaired) electrons. The van der Waals surface area contributed by atoms with Crippen molar-refractivity contribution in [2.45, 2.75) is 32.0 Å². The van der Waals surface area contributed by atoms with Crippen molar-refractivity contribution in [1.29, 1.82) is 0 Å². The fourth-order valence-electron chi connectivity index (χ4n) is 5.59. The van der Waals surface area contributed by atoms with Crippen LogP contribution < -0.4 is 20.4 Å². The Morgan fingerprint density at radius 1 is 1.00 bits per heavy atom. The number of nitrogens with one attached hydrogen (secondary N) is 2. The van der Waals surface area contributed by atoms with Crippen molar-refractivity contribution in [3.63, 3.8) is 0 Å². The minimum atomic E-state index is -0.0393. The lowest BCUT2D eigenvalue weighted by atomic mass is 9.92. The molecule has 3 aliphatic rings. The lowest BCUT2D eigenvalue weighted by Crippen LogP contribution is -2.49. The molecule has 0 bridgehead atoms. The van der Waals surface area contributed by atoms with Crippen molar-refractivity contribution in [1.82, 2.24) is 19.8 Å². The monoisotopic (exact) mass is 498 g/mol. The molecule has 4 heterocycles. The number of carbonyl (C=O) groups is 1. The Labute approximate surface area is 218 Å². The molecule has 1 fully saturated rings. The number of piperazine rings is 1. The molecule has 2 aromatic carbocycles. The zero-order chi connectivity index (χ0) is 25.5. The molecule has 3 aromatic rings. The maximum Gasteiger partial charge on any atom is 0.326 e. The molecular formula is C28H34N8O. The third kappa shape index (κ3) is 4.55. The van der Waals surface area contributed by atoms with E-state index < -0.39 is 0 Å². The first-order valence-corrected chi connectivity index (χ1v) is 13.0. The molecular weight excluding hydrogens is 464 g/mol. The highest BCUT2D eigenvalue weighted by Crippen LogP contribution is 2.40. The van der Waals surface area contributed by atoms with Gasteiger partial charge in [0.2, 0.25) is 5.95 Å². The summed E-state index contributed by atoms with van der Waals surface area (Å²) in [5.74, 6) is 1.14. The number of urea groups is 1. The van der Waals surface area contributed by atoms with Gasteiger partial charge in [0, 0.05) is 68.1 Å². The summed E-state index contributed by atoms with van der Waals surface area (Å²) in [5, 5.41) is 6.85. The maximum atomic E-state index is 13.5. The zero-order valence-electron chi connectivity index (χ0n) is 21.7. The van der Waals surface area contributed by atoms with Crippen molar-refractivity contribution in [3.8, 4) is 0 Å². The SMILES string of the molecule is C[C@H]1C[C@H](N2Cc3cnc(Nc4ccc(N5CCN(C)CC5)cc4)nc3N(C)C2=O)c2ccccc2N1. The van der Waals surface area contributed by atoms with E-state index in [1.54, 1.807) is 11.9 Å². The average Bonchev–Trinajstić information content (AvgIpc) is 2.91. The first-order chi connectivity index (χ1) is 18.0. The number of rotatable bonds is 4.